The molecule has 2 unspecified atom stereocenters. The Labute approximate surface area is 162 Å². The van der Waals surface area contributed by atoms with Crippen LogP contribution in [0.15, 0.2) is 0 Å². The van der Waals surface area contributed by atoms with Gasteiger partial charge >= 0.3 is 18.0 Å². The van der Waals surface area contributed by atoms with Gasteiger partial charge in [0.15, 0.2) is 0 Å². The molecule has 0 heterocycles. The van der Waals surface area contributed by atoms with Crippen LogP contribution in [0, 0.1) is 5.92 Å². The van der Waals surface area contributed by atoms with Crippen LogP contribution in [0.25, 0.3) is 0 Å². The largest absolute Gasteiger partial charge is 0.467 e. The SMILES string of the molecule is COC(=O)C(C)N(CCC(C=O)C=O)C(=O)C(C)N(C)C(=O)OCOC(C)=O. The van der Waals surface area contributed by atoms with Gasteiger partial charge in [-0.05, 0) is 20.3 Å². The van der Waals surface area contributed by atoms with E-state index < -0.39 is 48.7 Å². The van der Waals surface area contributed by atoms with Crippen LogP contribution in [0.4, 0.5) is 4.79 Å². The van der Waals surface area contributed by atoms with Crippen LogP contribution in [0.5, 0.6) is 0 Å². The molecule has 158 valence electrons. The molecule has 0 aliphatic carbocycles. The van der Waals surface area contributed by atoms with Gasteiger partial charge in [-0.15, -0.1) is 0 Å². The highest BCUT2D eigenvalue weighted by atomic mass is 16.7. The summed E-state index contributed by atoms with van der Waals surface area (Å²) in [4.78, 5) is 71.1. The number of carbonyl (C=O) groups is 6. The minimum Gasteiger partial charge on any atom is -0.467 e. The maximum atomic E-state index is 12.8. The monoisotopic (exact) mass is 402 g/mol. The van der Waals surface area contributed by atoms with Crippen molar-refractivity contribution in [2.45, 2.75) is 39.3 Å². The smallest absolute Gasteiger partial charge is 0.413 e. The first kappa shape index (κ1) is 25.0. The average molecular weight is 402 g/mol. The van der Waals surface area contributed by atoms with Crippen LogP contribution in [0.3, 0.4) is 0 Å². The Balaban J connectivity index is 5.23. The summed E-state index contributed by atoms with van der Waals surface area (Å²) < 4.78 is 13.8. The Morgan fingerprint density at radius 3 is 2.04 bits per heavy atom. The van der Waals surface area contributed by atoms with Gasteiger partial charge in [0, 0.05) is 20.5 Å². The molecule has 0 radical (unpaired) electrons. The van der Waals surface area contributed by atoms with Crippen LogP contribution in [-0.4, -0.2) is 85.9 Å². The Hall–Kier alpha value is -2.98. The van der Waals surface area contributed by atoms with Gasteiger partial charge in [-0.25, -0.2) is 9.59 Å². The van der Waals surface area contributed by atoms with Crippen molar-refractivity contribution < 1.29 is 43.0 Å². The second-order valence-corrected chi connectivity index (χ2v) is 5.91. The van der Waals surface area contributed by atoms with Crippen molar-refractivity contribution in [2.24, 2.45) is 5.92 Å². The van der Waals surface area contributed by atoms with E-state index in [2.05, 4.69) is 9.47 Å². The van der Waals surface area contributed by atoms with Gasteiger partial charge in [-0.1, -0.05) is 0 Å². The Bertz CT molecular complexity index is 585. The number of esters is 2. The molecule has 0 saturated heterocycles. The second-order valence-electron chi connectivity index (χ2n) is 5.91. The zero-order valence-corrected chi connectivity index (χ0v) is 16.6. The molecule has 0 aliphatic rings. The summed E-state index contributed by atoms with van der Waals surface area (Å²) in [7, 11) is 2.45. The molecule has 0 aromatic heterocycles. The first-order valence-electron chi connectivity index (χ1n) is 8.42. The van der Waals surface area contributed by atoms with Gasteiger partial charge in [-0.3, -0.25) is 14.5 Å². The molecule has 11 heteroatoms. The summed E-state index contributed by atoms with van der Waals surface area (Å²) in [6, 6.07) is -2.06. The molecule has 2 atom stereocenters. The first-order chi connectivity index (χ1) is 13.1. The molecule has 0 aromatic rings. The topological polar surface area (TPSA) is 137 Å². The van der Waals surface area contributed by atoms with Crippen molar-refractivity contribution in [3.63, 3.8) is 0 Å². The predicted octanol–water partition coefficient (Wildman–Crippen LogP) is -0.242. The van der Waals surface area contributed by atoms with Crippen LogP contribution in [-0.2, 0) is 38.2 Å². The van der Waals surface area contributed by atoms with Gasteiger partial charge in [0.2, 0.25) is 12.7 Å². The highest BCUT2D eigenvalue weighted by molar-refractivity contribution is 5.89. The van der Waals surface area contributed by atoms with Crippen molar-refractivity contribution in [2.75, 3.05) is 27.5 Å². The number of ether oxygens (including phenoxy) is 3. The quantitative estimate of drug-likeness (QED) is 0.198. The third kappa shape index (κ3) is 7.72. The summed E-state index contributed by atoms with van der Waals surface area (Å²) in [6.07, 6.45) is -0.0276. The van der Waals surface area contributed by atoms with Gasteiger partial charge < -0.3 is 28.7 Å². The van der Waals surface area contributed by atoms with E-state index in [1.165, 1.54) is 20.9 Å². The number of aldehydes is 2. The molecule has 28 heavy (non-hydrogen) atoms. The van der Waals surface area contributed by atoms with Crippen molar-refractivity contribution in [1.82, 2.24) is 9.80 Å². The highest BCUT2D eigenvalue weighted by Gasteiger charge is 2.33. The number of likely N-dealkylation sites (N-methyl/N-ethyl adjacent to an activating group) is 1. The Kier molecular flexibility index (Phi) is 11.1. The number of nitrogens with zero attached hydrogens (tertiary/aromatic N) is 2. The van der Waals surface area contributed by atoms with Crippen LogP contribution in [0.1, 0.15) is 27.2 Å². The predicted molar refractivity (Wildman–Crippen MR) is 93.8 cm³/mol. The standard InChI is InChI=1S/C17H26N2O9/c1-11(18(4)17(25)28-10-27-13(3)22)15(23)19(12(2)16(24)26-5)7-6-14(8-20)9-21/h8-9,11-12,14H,6-7,10H2,1-5H3. The second kappa shape index (κ2) is 12.4. The molecular weight excluding hydrogens is 376 g/mol. The van der Waals surface area contributed by atoms with E-state index in [0.717, 1.165) is 23.8 Å². The van der Waals surface area contributed by atoms with Crippen molar-refractivity contribution in [1.29, 1.82) is 0 Å². The van der Waals surface area contributed by atoms with Crippen molar-refractivity contribution in [3.05, 3.63) is 0 Å². The molecular formula is C17H26N2O9. The molecule has 0 N–H and O–H groups in total. The van der Waals surface area contributed by atoms with Crippen LogP contribution >= 0.6 is 0 Å². The number of amides is 2. The molecule has 0 aromatic carbocycles. The summed E-state index contributed by atoms with van der Waals surface area (Å²) in [5.41, 5.74) is 0. The zero-order chi connectivity index (χ0) is 21.9. The van der Waals surface area contributed by atoms with E-state index >= 15 is 0 Å². The lowest BCUT2D eigenvalue weighted by atomic mass is 10.1. The Morgan fingerprint density at radius 2 is 1.57 bits per heavy atom. The van der Waals surface area contributed by atoms with E-state index in [1.54, 1.807) is 0 Å². The summed E-state index contributed by atoms with van der Waals surface area (Å²) >= 11 is 0. The maximum Gasteiger partial charge on any atom is 0.413 e. The third-order valence-corrected chi connectivity index (χ3v) is 4.02. The lowest BCUT2D eigenvalue weighted by molar-refractivity contribution is -0.154. The molecule has 0 saturated carbocycles. The van der Waals surface area contributed by atoms with E-state index in [1.807, 2.05) is 0 Å². The Morgan fingerprint density at radius 1 is 1.00 bits per heavy atom. The third-order valence-electron chi connectivity index (χ3n) is 4.02. The lowest BCUT2D eigenvalue weighted by Crippen LogP contribution is -2.53. The van der Waals surface area contributed by atoms with Gasteiger partial charge in [0.25, 0.3) is 0 Å². The normalized spacial score (nSPS) is 12.4. The molecule has 0 rings (SSSR count). The lowest BCUT2D eigenvalue weighted by Gasteiger charge is -2.33. The molecule has 2 amide bonds. The summed E-state index contributed by atoms with van der Waals surface area (Å²) in [6.45, 7) is 3.28. The maximum absolute atomic E-state index is 12.8. The number of methoxy groups -OCH3 is 1. The van der Waals surface area contributed by atoms with E-state index in [4.69, 9.17) is 4.74 Å². The number of rotatable bonds is 11. The van der Waals surface area contributed by atoms with Gasteiger partial charge in [0.1, 0.15) is 24.7 Å². The minimum atomic E-state index is -1.05. The molecule has 0 bridgehead atoms. The minimum absolute atomic E-state index is 0.00735. The molecule has 0 fully saturated rings. The fraction of sp³-hybridized carbons (Fsp3) is 0.647. The molecule has 11 nitrogen and oxygen atoms in total. The van der Waals surface area contributed by atoms with Gasteiger partial charge in [-0.2, -0.15) is 0 Å². The van der Waals surface area contributed by atoms with E-state index in [-0.39, 0.29) is 13.0 Å². The summed E-state index contributed by atoms with van der Waals surface area (Å²) in [5.74, 6) is -2.89. The zero-order valence-electron chi connectivity index (χ0n) is 16.6. The van der Waals surface area contributed by atoms with Crippen molar-refractivity contribution >= 4 is 36.5 Å². The van der Waals surface area contributed by atoms with E-state index in [9.17, 15) is 28.8 Å². The molecule has 0 spiro atoms. The van der Waals surface area contributed by atoms with Crippen LogP contribution < -0.4 is 0 Å². The summed E-state index contributed by atoms with van der Waals surface area (Å²) in [5, 5.41) is 0. The fourth-order valence-electron chi connectivity index (χ4n) is 2.08. The van der Waals surface area contributed by atoms with Crippen molar-refractivity contribution in [3.8, 4) is 0 Å². The van der Waals surface area contributed by atoms with Crippen LogP contribution in [0.2, 0.25) is 0 Å². The van der Waals surface area contributed by atoms with E-state index in [0.29, 0.717) is 12.6 Å². The fourth-order valence-corrected chi connectivity index (χ4v) is 2.08. The average Bonchev–Trinajstić information content (AvgIpc) is 2.68. The number of hydrogen-bond acceptors (Lipinski definition) is 9. The van der Waals surface area contributed by atoms with Gasteiger partial charge in [0.05, 0.1) is 13.0 Å². The number of carbonyl (C=O) groups excluding carboxylic acids is 6. The first-order valence-corrected chi connectivity index (χ1v) is 8.42. The number of hydrogen-bond donors (Lipinski definition) is 0. The highest BCUT2D eigenvalue weighted by Crippen LogP contribution is 2.12. The molecule has 0 aliphatic heterocycles.